The molecule has 0 aliphatic carbocycles. The van der Waals surface area contributed by atoms with Gasteiger partial charge < -0.3 is 20.1 Å². The summed E-state index contributed by atoms with van der Waals surface area (Å²) < 4.78 is 11.2. The van der Waals surface area contributed by atoms with Crippen molar-refractivity contribution in [1.82, 2.24) is 9.88 Å². The second kappa shape index (κ2) is 7.84. The number of benzene rings is 1. The van der Waals surface area contributed by atoms with E-state index in [2.05, 4.69) is 4.98 Å². The Balaban J connectivity index is 1.71. The van der Waals surface area contributed by atoms with Gasteiger partial charge >= 0.3 is 0 Å². The van der Waals surface area contributed by atoms with Crippen LogP contribution < -0.4 is 15.2 Å². The molecule has 25 heavy (non-hydrogen) atoms. The van der Waals surface area contributed by atoms with Crippen LogP contribution in [0.3, 0.4) is 0 Å². The van der Waals surface area contributed by atoms with Crippen LogP contribution in [0.2, 0.25) is 0 Å². The molecule has 1 saturated heterocycles. The van der Waals surface area contributed by atoms with E-state index >= 15 is 0 Å². The summed E-state index contributed by atoms with van der Waals surface area (Å²) in [5.41, 5.74) is 7.44. The molecule has 2 N–H and O–H groups in total. The molecule has 1 aliphatic rings. The van der Waals surface area contributed by atoms with Crippen LogP contribution in [0.5, 0.6) is 11.5 Å². The molecule has 0 radical (unpaired) electrons. The number of likely N-dealkylation sites (tertiary alicyclic amines) is 1. The zero-order valence-corrected chi connectivity index (χ0v) is 15.3. The summed E-state index contributed by atoms with van der Waals surface area (Å²) in [6.45, 7) is 3.68. The molecule has 1 aliphatic heterocycles. The normalized spacial score (nSPS) is 17.4. The maximum atomic E-state index is 12.7. The summed E-state index contributed by atoms with van der Waals surface area (Å²) >= 11 is 1.59. The number of carbonyl (C=O) groups excluding carboxylic acids is 1. The van der Waals surface area contributed by atoms with Gasteiger partial charge in [0.05, 0.1) is 17.8 Å². The molecule has 1 unspecified atom stereocenters. The molecule has 0 saturated carbocycles. The fourth-order valence-electron chi connectivity index (χ4n) is 2.92. The maximum absolute atomic E-state index is 12.7. The number of hydrogen-bond donors (Lipinski definition) is 1. The highest BCUT2D eigenvalue weighted by molar-refractivity contribution is 7.09. The van der Waals surface area contributed by atoms with Gasteiger partial charge in [0.2, 0.25) is 0 Å². The number of nitrogens with zero attached hydrogens (tertiary/aromatic N) is 2. The first-order chi connectivity index (χ1) is 12.1. The van der Waals surface area contributed by atoms with E-state index in [1.807, 2.05) is 17.2 Å². The number of nitrogens with two attached hydrogens (primary N) is 1. The summed E-state index contributed by atoms with van der Waals surface area (Å²) in [6.07, 6.45) is 1.91. The van der Waals surface area contributed by atoms with Crippen LogP contribution in [-0.4, -0.2) is 42.0 Å². The Labute approximate surface area is 151 Å². The van der Waals surface area contributed by atoms with E-state index in [-0.39, 0.29) is 11.9 Å². The number of aromatic nitrogens is 1. The number of aryl methyl sites for hydroxylation is 1. The fraction of sp³-hybridized carbons (Fsp3) is 0.444. The Morgan fingerprint density at radius 1 is 1.44 bits per heavy atom. The van der Waals surface area contributed by atoms with Gasteiger partial charge in [-0.2, -0.15) is 0 Å². The lowest BCUT2D eigenvalue weighted by Crippen LogP contribution is -2.45. The minimum absolute atomic E-state index is 0.0184. The third-order valence-corrected chi connectivity index (χ3v) is 5.02. The van der Waals surface area contributed by atoms with Crippen molar-refractivity contribution < 1.29 is 14.3 Å². The monoisotopic (exact) mass is 361 g/mol. The highest BCUT2D eigenvalue weighted by atomic mass is 32.1. The van der Waals surface area contributed by atoms with Gasteiger partial charge in [0.25, 0.3) is 5.91 Å². The Bertz CT molecular complexity index is 747. The van der Waals surface area contributed by atoms with E-state index in [0.29, 0.717) is 30.2 Å². The van der Waals surface area contributed by atoms with Crippen LogP contribution in [0.15, 0.2) is 23.6 Å². The first kappa shape index (κ1) is 17.7. The zero-order chi connectivity index (χ0) is 17.8. The second-order valence-electron chi connectivity index (χ2n) is 6.17. The molecule has 7 heteroatoms. The lowest BCUT2D eigenvalue weighted by atomic mass is 10.1. The molecule has 134 valence electrons. The van der Waals surface area contributed by atoms with Crippen molar-refractivity contribution in [3.05, 3.63) is 39.8 Å². The van der Waals surface area contributed by atoms with E-state index in [4.69, 9.17) is 15.2 Å². The van der Waals surface area contributed by atoms with E-state index in [1.54, 1.807) is 36.6 Å². The van der Waals surface area contributed by atoms with Crippen molar-refractivity contribution in [3.63, 3.8) is 0 Å². The lowest BCUT2D eigenvalue weighted by molar-refractivity contribution is 0.0708. The largest absolute Gasteiger partial charge is 0.493 e. The number of hydrogen-bond acceptors (Lipinski definition) is 6. The molecule has 2 heterocycles. The van der Waals surface area contributed by atoms with Crippen molar-refractivity contribution in [3.8, 4) is 11.5 Å². The maximum Gasteiger partial charge on any atom is 0.254 e. The molecule has 3 rings (SSSR count). The summed E-state index contributed by atoms with van der Waals surface area (Å²) in [4.78, 5) is 18.9. The number of amides is 1. The van der Waals surface area contributed by atoms with Crippen LogP contribution in [0, 0.1) is 6.92 Å². The van der Waals surface area contributed by atoms with Gasteiger partial charge in [-0.25, -0.2) is 4.98 Å². The van der Waals surface area contributed by atoms with Crippen LogP contribution in [0.1, 0.15) is 33.9 Å². The first-order valence-corrected chi connectivity index (χ1v) is 9.21. The molecule has 0 bridgehead atoms. The molecular weight excluding hydrogens is 338 g/mol. The molecular formula is C18H23N3O3S. The molecule has 6 nitrogen and oxygen atoms in total. The molecule has 2 aromatic rings. The number of ether oxygens (including phenoxy) is 2. The summed E-state index contributed by atoms with van der Waals surface area (Å²) in [5.74, 6) is 1.12. The number of methoxy groups -OCH3 is 1. The number of piperidine rings is 1. The van der Waals surface area contributed by atoms with Crippen LogP contribution in [0.25, 0.3) is 0 Å². The third-order valence-electron chi connectivity index (χ3n) is 4.20. The molecule has 1 amide bonds. The standard InChI is InChI=1S/C18H23N3O3S/c1-12-20-15(11-25-12)10-24-16-6-5-13(8-17(16)23-2)18(22)21-7-3-4-14(19)9-21/h5-6,8,11,14H,3-4,7,9-10,19H2,1-2H3. The Hall–Kier alpha value is -2.12. The summed E-state index contributed by atoms with van der Waals surface area (Å²) in [6, 6.07) is 5.33. The fourth-order valence-corrected chi connectivity index (χ4v) is 3.52. The van der Waals surface area contributed by atoms with Crippen molar-refractivity contribution in [2.24, 2.45) is 5.73 Å². The Morgan fingerprint density at radius 3 is 2.96 bits per heavy atom. The summed E-state index contributed by atoms with van der Waals surface area (Å²) in [5, 5.41) is 2.98. The van der Waals surface area contributed by atoms with Gasteiger partial charge in [-0.15, -0.1) is 11.3 Å². The van der Waals surface area contributed by atoms with E-state index in [0.717, 1.165) is 30.1 Å². The number of thiazole rings is 1. The molecule has 1 aromatic heterocycles. The minimum atomic E-state index is -0.0184. The second-order valence-corrected chi connectivity index (χ2v) is 7.23. The minimum Gasteiger partial charge on any atom is -0.493 e. The molecule has 0 spiro atoms. The van der Waals surface area contributed by atoms with Crippen molar-refractivity contribution in [2.45, 2.75) is 32.4 Å². The van der Waals surface area contributed by atoms with Gasteiger partial charge in [-0.1, -0.05) is 0 Å². The summed E-state index contributed by atoms with van der Waals surface area (Å²) in [7, 11) is 1.57. The van der Waals surface area contributed by atoms with E-state index in [1.165, 1.54) is 0 Å². The molecule has 1 aromatic carbocycles. The van der Waals surface area contributed by atoms with Gasteiger partial charge in [0.15, 0.2) is 11.5 Å². The topological polar surface area (TPSA) is 77.7 Å². The van der Waals surface area contributed by atoms with Crippen LogP contribution >= 0.6 is 11.3 Å². The van der Waals surface area contributed by atoms with Crippen molar-refractivity contribution in [1.29, 1.82) is 0 Å². The Morgan fingerprint density at radius 2 is 2.28 bits per heavy atom. The van der Waals surface area contributed by atoms with Gasteiger partial charge in [0, 0.05) is 30.1 Å². The van der Waals surface area contributed by atoms with E-state index < -0.39 is 0 Å². The highest BCUT2D eigenvalue weighted by Gasteiger charge is 2.23. The van der Waals surface area contributed by atoms with Crippen molar-refractivity contribution >= 4 is 17.2 Å². The highest BCUT2D eigenvalue weighted by Crippen LogP contribution is 2.29. The number of rotatable bonds is 5. The molecule has 1 fully saturated rings. The quantitative estimate of drug-likeness (QED) is 0.886. The predicted molar refractivity (Wildman–Crippen MR) is 97.3 cm³/mol. The predicted octanol–water partition coefficient (Wildman–Crippen LogP) is 2.60. The van der Waals surface area contributed by atoms with Crippen LogP contribution in [-0.2, 0) is 6.61 Å². The van der Waals surface area contributed by atoms with E-state index in [9.17, 15) is 4.79 Å². The average molecular weight is 361 g/mol. The van der Waals surface area contributed by atoms with Gasteiger partial charge in [0.1, 0.15) is 6.61 Å². The zero-order valence-electron chi connectivity index (χ0n) is 14.5. The first-order valence-electron chi connectivity index (χ1n) is 8.33. The third kappa shape index (κ3) is 4.29. The van der Waals surface area contributed by atoms with Crippen molar-refractivity contribution in [2.75, 3.05) is 20.2 Å². The Kier molecular flexibility index (Phi) is 5.55. The smallest absolute Gasteiger partial charge is 0.254 e. The number of carbonyl (C=O) groups is 1. The van der Waals surface area contributed by atoms with Crippen LogP contribution in [0.4, 0.5) is 0 Å². The lowest BCUT2D eigenvalue weighted by Gasteiger charge is -2.31. The average Bonchev–Trinajstić information content (AvgIpc) is 3.04. The SMILES string of the molecule is COc1cc(C(=O)N2CCCC(N)C2)ccc1OCc1csc(C)n1. The molecule has 1 atom stereocenters. The van der Waals surface area contributed by atoms with Gasteiger partial charge in [-0.3, -0.25) is 4.79 Å². The van der Waals surface area contributed by atoms with Gasteiger partial charge in [-0.05, 0) is 38.0 Å².